The highest BCUT2D eigenvalue weighted by molar-refractivity contribution is 6.12. The fourth-order valence-corrected chi connectivity index (χ4v) is 12.2. The number of methoxy groups -OCH3 is 1. The predicted molar refractivity (Wildman–Crippen MR) is 429 cm³/mol. The van der Waals surface area contributed by atoms with Crippen molar-refractivity contribution in [2.75, 3.05) is 87.6 Å². The summed E-state index contributed by atoms with van der Waals surface area (Å²) in [6, 6.07) is 29.1. The third-order valence-corrected chi connectivity index (χ3v) is 18.4. The van der Waals surface area contributed by atoms with Crippen LogP contribution in [0.25, 0.3) is 76.3 Å². The van der Waals surface area contributed by atoms with Crippen LogP contribution in [0.3, 0.4) is 0 Å². The van der Waals surface area contributed by atoms with Crippen LogP contribution in [-0.4, -0.2) is 133 Å². The van der Waals surface area contributed by atoms with Gasteiger partial charge >= 0.3 is 17.9 Å². The Morgan fingerprint density at radius 3 is 1.21 bits per heavy atom. The fraction of sp³-hybridized carbons (Fsp3) is 0.205. The first-order valence-electron chi connectivity index (χ1n) is 33.6. The lowest BCUT2D eigenvalue weighted by atomic mass is 10.1. The number of aryl methyl sites for hydroxylation is 9. The van der Waals surface area contributed by atoms with Crippen LogP contribution in [0.2, 0.25) is 0 Å². The number of carbonyl (C=O) groups is 6. The van der Waals surface area contributed by atoms with Crippen LogP contribution < -0.4 is 67.4 Å². The maximum atomic E-state index is 11.6. The number of hydrogen-bond donors (Lipinski definition) is 20. The van der Waals surface area contributed by atoms with E-state index in [1.807, 2.05) is 78.8 Å². The van der Waals surface area contributed by atoms with Crippen molar-refractivity contribution in [1.29, 1.82) is 0 Å². The SMILES string of the molecule is COC(=O)c1ccc(N)c2c(C)c(C)[nH]c12.Cc1[nH]c2c(C(=O)O)ccc(N)c2c1C.Cc1[nH]c2c(C(N)=O)ccc(N)c2c1C.Cc1[nH]c2c(OCCNCCN(C)C)ccc(N)c2c1C.Cc1ccc(N)c2cc(C(N)=O)[nH]c12.NC(=O)c1ccc(N)c2cc[nH]c12.Nc1ccc(C(=O)O)c2[nH]ccc12. The maximum absolute atomic E-state index is 11.6. The van der Waals surface area contributed by atoms with Gasteiger partial charge in [-0.2, -0.15) is 0 Å². The third-order valence-electron chi connectivity index (χ3n) is 18.4. The van der Waals surface area contributed by atoms with Gasteiger partial charge in [0, 0.05) is 132 Å². The van der Waals surface area contributed by atoms with E-state index in [4.69, 9.17) is 77.0 Å². The third kappa shape index (κ3) is 17.4. The molecule has 0 aliphatic heterocycles. The Labute approximate surface area is 615 Å². The number of anilines is 7. The number of nitrogens with zero attached hydrogens (tertiary/aromatic N) is 1. The number of likely N-dealkylation sites (N-methyl/N-ethyl adjacent to an activating group) is 1. The molecule has 0 aliphatic carbocycles. The molecule has 0 unspecified atom stereocenters. The van der Waals surface area contributed by atoms with Gasteiger partial charge in [0.15, 0.2) is 0 Å². The predicted octanol–water partition coefficient (Wildman–Crippen LogP) is 11.0. The van der Waals surface area contributed by atoms with E-state index in [-0.39, 0.29) is 17.1 Å². The van der Waals surface area contributed by atoms with Crippen LogP contribution in [0.5, 0.6) is 5.75 Å². The number of esters is 1. The molecule has 30 N–H and O–H groups in total. The summed E-state index contributed by atoms with van der Waals surface area (Å²) >= 11 is 0. The summed E-state index contributed by atoms with van der Waals surface area (Å²) in [4.78, 5) is 90.1. The Bertz CT molecular complexity index is 5450. The number of ether oxygens (including phenoxy) is 2. The van der Waals surface area contributed by atoms with Gasteiger partial charge in [0.25, 0.3) is 17.7 Å². The number of primary amides is 3. The Kier molecular flexibility index (Phi) is 24.9. The van der Waals surface area contributed by atoms with E-state index in [0.29, 0.717) is 79.7 Å². The molecule has 0 spiro atoms. The molecular formula is C78H93N19O10. The first-order valence-corrected chi connectivity index (χ1v) is 33.6. The van der Waals surface area contributed by atoms with Crippen molar-refractivity contribution in [3.8, 4) is 5.75 Å². The van der Waals surface area contributed by atoms with E-state index in [1.165, 1.54) is 24.8 Å². The Morgan fingerprint density at radius 2 is 0.776 bits per heavy atom. The minimum absolute atomic E-state index is 0.245. The molecule has 560 valence electrons. The lowest BCUT2D eigenvalue weighted by Gasteiger charge is -2.12. The van der Waals surface area contributed by atoms with Crippen molar-refractivity contribution in [2.45, 2.75) is 62.3 Å². The van der Waals surface area contributed by atoms with Gasteiger partial charge in [0.1, 0.15) is 18.1 Å². The summed E-state index contributed by atoms with van der Waals surface area (Å²) < 4.78 is 10.6. The zero-order chi connectivity index (χ0) is 78.7. The second kappa shape index (κ2) is 33.7. The number of H-pyrrole nitrogens is 7. The Morgan fingerprint density at radius 1 is 0.411 bits per heavy atom. The molecule has 0 aliphatic rings. The average molecular weight is 1460 g/mol. The monoisotopic (exact) mass is 1460 g/mol. The van der Waals surface area contributed by atoms with Crippen molar-refractivity contribution in [2.24, 2.45) is 17.2 Å². The number of fused-ring (bicyclic) bond motifs is 7. The summed E-state index contributed by atoms with van der Waals surface area (Å²) in [7, 11) is 5.51. The molecule has 14 rings (SSSR count). The Hall–Kier alpha value is -13.5. The number of nitrogens with two attached hydrogens (primary N) is 10. The number of benzene rings is 7. The van der Waals surface area contributed by atoms with Crippen LogP contribution in [0, 0.1) is 62.3 Å². The normalized spacial score (nSPS) is 10.8. The molecule has 0 saturated carbocycles. The zero-order valence-corrected chi connectivity index (χ0v) is 61.7. The molecule has 29 heteroatoms. The first-order chi connectivity index (χ1) is 50.6. The number of nitrogens with one attached hydrogen (secondary N) is 8. The molecule has 0 radical (unpaired) electrons. The molecule has 7 aromatic heterocycles. The molecule has 3 amide bonds. The number of rotatable bonds is 13. The van der Waals surface area contributed by atoms with Gasteiger partial charge in [-0.15, -0.1) is 0 Å². The van der Waals surface area contributed by atoms with Gasteiger partial charge in [0.2, 0.25) is 0 Å². The number of aromatic carboxylic acids is 2. The highest BCUT2D eigenvalue weighted by Crippen LogP contribution is 2.36. The summed E-state index contributed by atoms with van der Waals surface area (Å²) in [6.07, 6.45) is 3.40. The minimum atomic E-state index is -0.951. The number of carbonyl (C=O) groups excluding carboxylic acids is 4. The van der Waals surface area contributed by atoms with Gasteiger partial charge in [-0.05, 0) is 201 Å². The van der Waals surface area contributed by atoms with Crippen molar-refractivity contribution in [3.63, 3.8) is 0 Å². The number of carboxylic acids is 2. The Balaban J connectivity index is 0.000000158. The minimum Gasteiger partial charge on any atom is -0.490 e. The van der Waals surface area contributed by atoms with Crippen molar-refractivity contribution in [3.05, 3.63) is 200 Å². The topological polar surface area (TPSA) is 547 Å². The largest absolute Gasteiger partial charge is 0.490 e. The van der Waals surface area contributed by atoms with E-state index < -0.39 is 29.7 Å². The highest BCUT2D eigenvalue weighted by Gasteiger charge is 2.20. The molecule has 107 heavy (non-hydrogen) atoms. The van der Waals surface area contributed by atoms with Gasteiger partial charge in [-0.25, -0.2) is 14.4 Å². The van der Waals surface area contributed by atoms with Crippen LogP contribution >= 0.6 is 0 Å². The number of aromatic amines is 7. The van der Waals surface area contributed by atoms with Crippen LogP contribution in [0.4, 0.5) is 39.8 Å². The molecule has 0 bridgehead atoms. The zero-order valence-electron chi connectivity index (χ0n) is 61.7. The maximum Gasteiger partial charge on any atom is 0.339 e. The van der Waals surface area contributed by atoms with Crippen molar-refractivity contribution >= 4 is 152 Å². The first kappa shape index (κ1) is 79.2. The van der Waals surface area contributed by atoms with Gasteiger partial charge in [-0.3, -0.25) is 14.4 Å². The average Bonchev–Trinajstić information content (AvgIpc) is 1.66. The summed E-state index contributed by atoms with van der Waals surface area (Å²) in [5.74, 6) is -2.75. The second-order valence-corrected chi connectivity index (χ2v) is 25.7. The van der Waals surface area contributed by atoms with E-state index in [9.17, 15) is 28.8 Å². The van der Waals surface area contributed by atoms with E-state index in [1.54, 1.807) is 73.1 Å². The second-order valence-electron chi connectivity index (χ2n) is 25.7. The van der Waals surface area contributed by atoms with Gasteiger partial charge < -0.3 is 122 Å². The summed E-state index contributed by atoms with van der Waals surface area (Å²) in [5, 5.41) is 27.3. The van der Waals surface area contributed by atoms with Crippen LogP contribution in [0.1, 0.15) is 113 Å². The molecule has 0 fully saturated rings. The van der Waals surface area contributed by atoms with E-state index >= 15 is 0 Å². The van der Waals surface area contributed by atoms with Crippen LogP contribution in [0.15, 0.2) is 116 Å². The lowest BCUT2D eigenvalue weighted by molar-refractivity contribution is 0.0600. The standard InChI is InChI=1S/C16H26N4O.C12H14N2O2.C11H13N3O.C11H12N2O2.C10H11N3O.C9H9N3O.C9H8N2O2/c1-11-12(2)19-16-14(6-5-13(17)15(11)16)21-10-8-18-7-9-20(3)4;1-6-7(2)14-11-8(12(15)16-3)4-5-9(13)10(6)11;1-5-6(2)14-10-7(11(13)15)3-4-8(12)9(5)10;1-5-6(2)13-10-7(11(14)15)3-4-8(12)9(5)10;1-5-2-3-7(11)6-4-8(10(12)14)13-9(5)6;10-7-2-1-6(9(11)13)8-5(7)3-4-12-8;10-7-2-1-6(9(12)13)8-5(7)3-4-11-8/h5-6,18-19H,7-10,17H2,1-4H3;4-5,14H,13H2,1-3H3;3-4,14H,12H2,1-2H3,(H2,13,15);3-4,13H,12H2,1-2H3,(H,14,15);2-4,13H,11H2,1H3,(H2,12,14);1-4,12H,10H2,(H2,11,13);1-4,11H,10H2,(H,12,13). The number of aromatic nitrogens is 7. The smallest absolute Gasteiger partial charge is 0.339 e. The van der Waals surface area contributed by atoms with Crippen molar-refractivity contribution in [1.82, 2.24) is 45.1 Å². The number of nitrogen functional groups attached to an aromatic ring is 7. The quantitative estimate of drug-likeness (QED) is 0.0290. The summed E-state index contributed by atoms with van der Waals surface area (Å²) in [5.41, 5.74) is 78.1. The number of amides is 3. The van der Waals surface area contributed by atoms with E-state index in [0.717, 1.165) is 136 Å². The molecular weight excluding hydrogens is 1360 g/mol. The molecule has 7 aromatic carbocycles. The molecule has 29 nitrogen and oxygen atoms in total. The van der Waals surface area contributed by atoms with Crippen LogP contribution in [-0.2, 0) is 4.74 Å². The molecule has 14 aromatic rings. The molecule has 0 saturated heterocycles. The number of hydrogen-bond acceptors (Lipinski definition) is 17. The van der Waals surface area contributed by atoms with Crippen molar-refractivity contribution < 1.29 is 48.5 Å². The highest BCUT2D eigenvalue weighted by atomic mass is 16.5. The van der Waals surface area contributed by atoms with Gasteiger partial charge in [0.05, 0.1) is 73.5 Å². The molecule has 0 atom stereocenters. The number of carboxylic acid groups (broad SMARTS) is 2. The fourth-order valence-electron chi connectivity index (χ4n) is 12.2. The van der Waals surface area contributed by atoms with Gasteiger partial charge in [-0.1, -0.05) is 6.07 Å². The lowest BCUT2D eigenvalue weighted by Crippen LogP contribution is -2.29. The summed E-state index contributed by atoms with van der Waals surface area (Å²) in [6.45, 7) is 21.2. The molecule has 7 heterocycles. The van der Waals surface area contributed by atoms with E-state index in [2.05, 4.69) is 73.0 Å².